The zero-order valence-corrected chi connectivity index (χ0v) is 30.9. The molecule has 10 rings (SSSR count). The Morgan fingerprint density at radius 1 is 0.396 bits per heavy atom. The number of anilines is 6. The van der Waals surface area contributed by atoms with E-state index in [1.165, 1.54) is 33.6 Å². The first-order chi connectivity index (χ1) is 25.6. The average Bonchev–Trinajstić information content (AvgIpc) is 3.41. The summed E-state index contributed by atoms with van der Waals surface area (Å²) < 4.78 is 26.8. The van der Waals surface area contributed by atoms with Crippen LogP contribution in [0.1, 0.15) is 49.9 Å². The van der Waals surface area contributed by atoms with Gasteiger partial charge in [0.25, 0.3) is 0 Å². The average molecular weight is 707 g/mol. The summed E-state index contributed by atoms with van der Waals surface area (Å²) in [4.78, 5) is 5.58. The predicted molar refractivity (Wildman–Crippen MR) is 216 cm³/mol. The number of sulfone groups is 1. The molecular formula is C48H38N2O2S. The van der Waals surface area contributed by atoms with E-state index < -0.39 is 9.84 Å². The van der Waals surface area contributed by atoms with E-state index >= 15 is 0 Å². The normalized spacial score (nSPS) is 16.5. The highest BCUT2D eigenvalue weighted by molar-refractivity contribution is 7.92. The number of fused-ring (bicyclic) bond motifs is 7. The molecule has 0 aliphatic carbocycles. The second kappa shape index (κ2) is 11.0. The minimum Gasteiger partial charge on any atom is -0.310 e. The van der Waals surface area contributed by atoms with Crippen LogP contribution in [0.15, 0.2) is 168 Å². The predicted octanol–water partition coefficient (Wildman–Crippen LogP) is 12.4. The first-order valence-corrected chi connectivity index (χ1v) is 19.7. The van der Waals surface area contributed by atoms with Crippen molar-refractivity contribution >= 4 is 44.0 Å². The molecule has 7 aromatic carbocycles. The Balaban J connectivity index is 1.16. The van der Waals surface area contributed by atoms with E-state index in [2.05, 4.69) is 153 Å². The van der Waals surface area contributed by atoms with Crippen LogP contribution in [-0.2, 0) is 20.7 Å². The Labute approximate surface area is 311 Å². The third-order valence-corrected chi connectivity index (χ3v) is 13.7. The molecule has 5 heteroatoms. The third kappa shape index (κ3) is 4.44. The summed E-state index contributed by atoms with van der Waals surface area (Å²) >= 11 is 0. The van der Waals surface area contributed by atoms with Crippen LogP contribution in [-0.4, -0.2) is 8.42 Å². The van der Waals surface area contributed by atoms with E-state index in [-0.39, 0.29) is 10.8 Å². The summed E-state index contributed by atoms with van der Waals surface area (Å²) in [5.41, 5.74) is 15.0. The number of rotatable bonds is 3. The Morgan fingerprint density at radius 3 is 1.60 bits per heavy atom. The molecule has 0 spiro atoms. The van der Waals surface area contributed by atoms with Crippen LogP contribution in [0.4, 0.5) is 34.1 Å². The van der Waals surface area contributed by atoms with Crippen LogP contribution >= 0.6 is 0 Å². The second-order valence-corrected chi connectivity index (χ2v) is 17.3. The van der Waals surface area contributed by atoms with Gasteiger partial charge in [-0.05, 0) is 106 Å². The van der Waals surface area contributed by atoms with Gasteiger partial charge in [-0.25, -0.2) is 8.42 Å². The maximum Gasteiger partial charge on any atom is 0.207 e. The molecule has 0 saturated heterocycles. The monoisotopic (exact) mass is 706 g/mol. The largest absolute Gasteiger partial charge is 0.310 e. The van der Waals surface area contributed by atoms with Crippen molar-refractivity contribution in [2.24, 2.45) is 0 Å². The van der Waals surface area contributed by atoms with Gasteiger partial charge in [0.15, 0.2) is 0 Å². The number of hydrogen-bond donors (Lipinski definition) is 0. The molecular weight excluding hydrogens is 669 g/mol. The summed E-state index contributed by atoms with van der Waals surface area (Å²) in [5.74, 6) is 0. The molecule has 0 fully saturated rings. The van der Waals surface area contributed by atoms with Crippen LogP contribution in [0.25, 0.3) is 22.3 Å². The van der Waals surface area contributed by atoms with Gasteiger partial charge in [-0.15, -0.1) is 0 Å². The van der Waals surface area contributed by atoms with Gasteiger partial charge in [-0.2, -0.15) is 0 Å². The van der Waals surface area contributed by atoms with Crippen molar-refractivity contribution in [2.75, 3.05) is 9.80 Å². The minimum atomic E-state index is -3.54. The fourth-order valence-corrected chi connectivity index (χ4v) is 10.7. The van der Waals surface area contributed by atoms with Gasteiger partial charge >= 0.3 is 0 Å². The van der Waals surface area contributed by atoms with Crippen molar-refractivity contribution in [3.05, 3.63) is 180 Å². The lowest BCUT2D eigenvalue weighted by atomic mass is 9.72. The van der Waals surface area contributed by atoms with Crippen LogP contribution in [0.3, 0.4) is 0 Å². The van der Waals surface area contributed by atoms with E-state index in [1.54, 1.807) is 18.2 Å². The highest BCUT2D eigenvalue weighted by atomic mass is 32.2. The molecule has 0 radical (unpaired) electrons. The summed E-state index contributed by atoms with van der Waals surface area (Å²) in [6, 6.07) is 54.9. The lowest BCUT2D eigenvalue weighted by molar-refractivity contribution is 0.598. The molecule has 0 bridgehead atoms. The Kier molecular flexibility index (Phi) is 6.63. The van der Waals surface area contributed by atoms with E-state index in [1.807, 2.05) is 24.3 Å². The Hall–Kier alpha value is -5.91. The molecule has 3 aliphatic rings. The van der Waals surface area contributed by atoms with Gasteiger partial charge in [0, 0.05) is 33.3 Å². The Morgan fingerprint density at radius 2 is 0.887 bits per heavy atom. The molecule has 0 aromatic heterocycles. The smallest absolute Gasteiger partial charge is 0.207 e. The fourth-order valence-electron chi connectivity index (χ4n) is 9.04. The van der Waals surface area contributed by atoms with Gasteiger partial charge < -0.3 is 9.80 Å². The van der Waals surface area contributed by atoms with Crippen molar-refractivity contribution in [3.8, 4) is 22.3 Å². The molecule has 3 aliphatic heterocycles. The lowest BCUT2D eigenvalue weighted by Gasteiger charge is -2.44. The zero-order chi connectivity index (χ0) is 36.3. The molecule has 0 amide bonds. The quantitative estimate of drug-likeness (QED) is 0.183. The molecule has 0 N–H and O–H groups in total. The SMILES string of the molecule is CC1(C)c2ccccc2N(c2ccc3c(c2)C(C)(C)c2cc(-c4ccc5c(c4)-c4ccccc4S5(=O)=O)ccc2N3c2ccccc2)c2ccccc21. The van der Waals surface area contributed by atoms with Gasteiger partial charge in [0.1, 0.15) is 0 Å². The van der Waals surface area contributed by atoms with Crippen molar-refractivity contribution in [3.63, 3.8) is 0 Å². The third-order valence-electron chi connectivity index (χ3n) is 11.8. The fraction of sp³-hybridized carbons (Fsp3) is 0.125. The van der Waals surface area contributed by atoms with Gasteiger partial charge in [-0.3, -0.25) is 0 Å². The molecule has 3 heterocycles. The summed E-state index contributed by atoms with van der Waals surface area (Å²) in [6.07, 6.45) is 0. The molecule has 0 saturated carbocycles. The molecule has 53 heavy (non-hydrogen) atoms. The van der Waals surface area contributed by atoms with Gasteiger partial charge in [0.05, 0.1) is 32.5 Å². The van der Waals surface area contributed by atoms with E-state index in [0.29, 0.717) is 9.79 Å². The second-order valence-electron chi connectivity index (χ2n) is 15.4. The molecule has 0 atom stereocenters. The Bertz CT molecular complexity index is 2720. The zero-order valence-electron chi connectivity index (χ0n) is 30.1. The maximum absolute atomic E-state index is 13.4. The number of nitrogens with zero attached hydrogens (tertiary/aromatic N) is 2. The maximum atomic E-state index is 13.4. The number of benzene rings is 7. The van der Waals surface area contributed by atoms with Gasteiger partial charge in [0.2, 0.25) is 9.84 Å². The minimum absolute atomic E-state index is 0.138. The molecule has 258 valence electrons. The standard InChI is InChI=1S/C48H38N2O2S/c1-47(2)37-17-9-11-19-41(37)50(42-20-12-10-18-38(42)47)34-24-26-44-40(30-34)48(3,4)39-29-32(22-25-43(39)49(44)33-14-6-5-7-15-33)31-23-27-46-36(28-31)35-16-8-13-21-45(35)53(46,51)52/h5-30H,1-4H3. The number of para-hydroxylation sites is 3. The van der Waals surface area contributed by atoms with Crippen molar-refractivity contribution in [1.29, 1.82) is 0 Å². The lowest BCUT2D eigenvalue weighted by Crippen LogP contribution is -2.32. The first-order valence-electron chi connectivity index (χ1n) is 18.2. The summed E-state index contributed by atoms with van der Waals surface area (Å²) in [6.45, 7) is 9.30. The van der Waals surface area contributed by atoms with E-state index in [4.69, 9.17) is 0 Å². The summed E-state index contributed by atoms with van der Waals surface area (Å²) in [7, 11) is -3.54. The van der Waals surface area contributed by atoms with E-state index in [0.717, 1.165) is 45.0 Å². The number of hydrogen-bond acceptors (Lipinski definition) is 4. The van der Waals surface area contributed by atoms with Crippen LogP contribution < -0.4 is 9.80 Å². The van der Waals surface area contributed by atoms with Crippen molar-refractivity contribution < 1.29 is 8.42 Å². The highest BCUT2D eigenvalue weighted by Crippen LogP contribution is 2.56. The van der Waals surface area contributed by atoms with E-state index in [9.17, 15) is 8.42 Å². The molecule has 7 aromatic rings. The molecule has 0 unspecified atom stereocenters. The summed E-state index contributed by atoms with van der Waals surface area (Å²) in [5, 5.41) is 0. The topological polar surface area (TPSA) is 40.6 Å². The highest BCUT2D eigenvalue weighted by Gasteiger charge is 2.40. The first kappa shape index (κ1) is 31.8. The van der Waals surface area contributed by atoms with Crippen LogP contribution in [0.5, 0.6) is 0 Å². The van der Waals surface area contributed by atoms with Crippen LogP contribution in [0.2, 0.25) is 0 Å². The molecule has 4 nitrogen and oxygen atoms in total. The van der Waals surface area contributed by atoms with Crippen LogP contribution in [0, 0.1) is 0 Å². The van der Waals surface area contributed by atoms with Crippen molar-refractivity contribution in [2.45, 2.75) is 48.3 Å². The van der Waals surface area contributed by atoms with Gasteiger partial charge in [-0.1, -0.05) is 113 Å². The van der Waals surface area contributed by atoms with Crippen molar-refractivity contribution in [1.82, 2.24) is 0 Å².